The van der Waals surface area contributed by atoms with Crippen molar-refractivity contribution in [3.63, 3.8) is 0 Å². The van der Waals surface area contributed by atoms with E-state index < -0.39 is 11.0 Å². The topological polar surface area (TPSA) is 84.6 Å². The summed E-state index contributed by atoms with van der Waals surface area (Å²) in [7, 11) is 0. The SMILES string of the molecule is CC(O)CNc1cccc(OC(C)C)c1[N+](=O)[O-]. The normalized spacial score (nSPS) is 12.3. The third-order valence-electron chi connectivity index (χ3n) is 2.13. The van der Waals surface area contributed by atoms with Gasteiger partial charge in [-0.25, -0.2) is 0 Å². The van der Waals surface area contributed by atoms with Gasteiger partial charge in [0.15, 0.2) is 5.75 Å². The Kier molecular flexibility index (Phi) is 4.91. The lowest BCUT2D eigenvalue weighted by atomic mass is 10.2. The van der Waals surface area contributed by atoms with E-state index in [2.05, 4.69) is 5.32 Å². The van der Waals surface area contributed by atoms with Gasteiger partial charge in [0.1, 0.15) is 5.69 Å². The lowest BCUT2D eigenvalue weighted by molar-refractivity contribution is -0.385. The molecule has 0 saturated carbocycles. The van der Waals surface area contributed by atoms with Gasteiger partial charge in [0.2, 0.25) is 0 Å². The lowest BCUT2D eigenvalue weighted by Crippen LogP contribution is -2.16. The fourth-order valence-electron chi connectivity index (χ4n) is 1.46. The van der Waals surface area contributed by atoms with Crippen LogP contribution >= 0.6 is 0 Å². The number of hydrogen-bond donors (Lipinski definition) is 2. The average Bonchev–Trinajstić information content (AvgIpc) is 2.25. The Bertz CT molecular complexity index is 419. The summed E-state index contributed by atoms with van der Waals surface area (Å²) in [6, 6.07) is 4.83. The van der Waals surface area contributed by atoms with Crippen LogP contribution in [0.2, 0.25) is 0 Å². The summed E-state index contributed by atoms with van der Waals surface area (Å²) in [5, 5.41) is 23.1. The van der Waals surface area contributed by atoms with E-state index in [1.54, 1.807) is 39.0 Å². The van der Waals surface area contributed by atoms with Crippen molar-refractivity contribution in [3.05, 3.63) is 28.3 Å². The fourth-order valence-corrected chi connectivity index (χ4v) is 1.46. The van der Waals surface area contributed by atoms with Crippen LogP contribution in [0, 0.1) is 10.1 Å². The molecule has 0 radical (unpaired) electrons. The minimum Gasteiger partial charge on any atom is -0.484 e. The zero-order valence-electron chi connectivity index (χ0n) is 10.7. The van der Waals surface area contributed by atoms with Crippen molar-refractivity contribution >= 4 is 11.4 Å². The Labute approximate surface area is 106 Å². The van der Waals surface area contributed by atoms with E-state index in [1.165, 1.54) is 0 Å². The van der Waals surface area contributed by atoms with Crippen LogP contribution in [-0.4, -0.2) is 28.8 Å². The van der Waals surface area contributed by atoms with Crippen molar-refractivity contribution < 1.29 is 14.8 Å². The predicted octanol–water partition coefficient (Wildman–Crippen LogP) is 2.17. The van der Waals surface area contributed by atoms with Crippen LogP contribution < -0.4 is 10.1 Å². The number of rotatable bonds is 6. The first-order valence-electron chi connectivity index (χ1n) is 5.77. The van der Waals surface area contributed by atoms with E-state index in [0.717, 1.165) is 0 Å². The standard InChI is InChI=1S/C12H18N2O4/c1-8(2)18-11-6-4-5-10(12(11)14(16)17)13-7-9(3)15/h4-6,8-9,13,15H,7H2,1-3H3. The second-order valence-corrected chi connectivity index (χ2v) is 4.31. The molecule has 0 aliphatic carbocycles. The molecule has 0 aromatic heterocycles. The quantitative estimate of drug-likeness (QED) is 0.600. The molecule has 0 aliphatic heterocycles. The van der Waals surface area contributed by atoms with Crippen molar-refractivity contribution in [1.29, 1.82) is 0 Å². The van der Waals surface area contributed by atoms with E-state index in [0.29, 0.717) is 5.69 Å². The van der Waals surface area contributed by atoms with E-state index in [-0.39, 0.29) is 24.1 Å². The molecule has 6 nitrogen and oxygen atoms in total. The molecule has 0 amide bonds. The Morgan fingerprint density at radius 3 is 2.61 bits per heavy atom. The fraction of sp³-hybridized carbons (Fsp3) is 0.500. The second kappa shape index (κ2) is 6.20. The summed E-state index contributed by atoms with van der Waals surface area (Å²) in [4.78, 5) is 10.6. The Balaban J connectivity index is 3.05. The van der Waals surface area contributed by atoms with Crippen LogP contribution in [0.15, 0.2) is 18.2 Å². The van der Waals surface area contributed by atoms with Crippen molar-refractivity contribution in [1.82, 2.24) is 0 Å². The van der Waals surface area contributed by atoms with Gasteiger partial charge >= 0.3 is 5.69 Å². The maximum absolute atomic E-state index is 11.1. The maximum atomic E-state index is 11.1. The summed E-state index contributed by atoms with van der Waals surface area (Å²) < 4.78 is 5.41. The van der Waals surface area contributed by atoms with Gasteiger partial charge in [-0.3, -0.25) is 10.1 Å². The van der Waals surface area contributed by atoms with E-state index >= 15 is 0 Å². The average molecular weight is 254 g/mol. The molecule has 1 aromatic rings. The molecule has 1 atom stereocenters. The smallest absolute Gasteiger partial charge is 0.333 e. The molecule has 0 aliphatic rings. The minimum atomic E-state index is -0.584. The van der Waals surface area contributed by atoms with Crippen molar-refractivity contribution in [2.75, 3.05) is 11.9 Å². The second-order valence-electron chi connectivity index (χ2n) is 4.31. The van der Waals surface area contributed by atoms with Crippen LogP contribution in [0.4, 0.5) is 11.4 Å². The molecule has 1 aromatic carbocycles. The van der Waals surface area contributed by atoms with Crippen LogP contribution in [0.5, 0.6) is 5.75 Å². The number of aliphatic hydroxyl groups excluding tert-OH is 1. The molecular weight excluding hydrogens is 236 g/mol. The zero-order chi connectivity index (χ0) is 13.7. The number of nitro groups is 1. The van der Waals surface area contributed by atoms with Crippen LogP contribution in [0.25, 0.3) is 0 Å². The number of benzene rings is 1. The van der Waals surface area contributed by atoms with Crippen LogP contribution in [0.3, 0.4) is 0 Å². The molecule has 0 fully saturated rings. The number of nitrogens with one attached hydrogen (secondary N) is 1. The van der Waals surface area contributed by atoms with Gasteiger partial charge in [-0.2, -0.15) is 0 Å². The molecule has 100 valence electrons. The molecule has 0 saturated heterocycles. The maximum Gasteiger partial charge on any atom is 0.333 e. The van der Waals surface area contributed by atoms with Gasteiger partial charge in [-0.15, -0.1) is 0 Å². The Hall–Kier alpha value is -1.82. The molecule has 6 heteroatoms. The highest BCUT2D eigenvalue weighted by molar-refractivity contribution is 5.68. The minimum absolute atomic E-state index is 0.105. The van der Waals surface area contributed by atoms with Crippen molar-refractivity contribution in [2.24, 2.45) is 0 Å². The van der Waals surface area contributed by atoms with Gasteiger partial charge in [0, 0.05) is 6.54 Å². The number of ether oxygens (including phenoxy) is 1. The van der Waals surface area contributed by atoms with E-state index in [4.69, 9.17) is 4.74 Å². The van der Waals surface area contributed by atoms with Crippen molar-refractivity contribution in [3.8, 4) is 5.75 Å². The Morgan fingerprint density at radius 2 is 2.11 bits per heavy atom. The predicted molar refractivity (Wildman–Crippen MR) is 69.0 cm³/mol. The molecule has 0 bridgehead atoms. The molecule has 0 spiro atoms. The summed E-state index contributed by atoms with van der Waals surface area (Å²) >= 11 is 0. The van der Waals surface area contributed by atoms with Gasteiger partial charge in [-0.1, -0.05) is 6.07 Å². The van der Waals surface area contributed by atoms with Gasteiger partial charge in [0.05, 0.1) is 17.1 Å². The first kappa shape index (κ1) is 14.2. The first-order chi connectivity index (χ1) is 8.41. The van der Waals surface area contributed by atoms with Crippen LogP contribution in [-0.2, 0) is 0 Å². The molecule has 2 N–H and O–H groups in total. The molecular formula is C12H18N2O4. The number of anilines is 1. The highest BCUT2D eigenvalue weighted by Crippen LogP contribution is 2.35. The van der Waals surface area contributed by atoms with Gasteiger partial charge < -0.3 is 15.2 Å². The summed E-state index contributed by atoms with van der Waals surface area (Å²) in [5.41, 5.74) is 0.242. The number of nitro benzene ring substituents is 1. The number of aliphatic hydroxyl groups is 1. The highest BCUT2D eigenvalue weighted by atomic mass is 16.6. The van der Waals surface area contributed by atoms with Crippen molar-refractivity contribution in [2.45, 2.75) is 33.0 Å². The monoisotopic (exact) mass is 254 g/mol. The highest BCUT2D eigenvalue weighted by Gasteiger charge is 2.21. The summed E-state index contributed by atoms with van der Waals surface area (Å²) in [6.07, 6.45) is -0.727. The zero-order valence-corrected chi connectivity index (χ0v) is 10.7. The number of nitrogens with zero attached hydrogens (tertiary/aromatic N) is 1. The molecule has 1 unspecified atom stereocenters. The summed E-state index contributed by atoms with van der Waals surface area (Å²) in [5.74, 6) is 0.227. The largest absolute Gasteiger partial charge is 0.484 e. The number of hydrogen-bond acceptors (Lipinski definition) is 5. The third-order valence-corrected chi connectivity index (χ3v) is 2.13. The van der Waals surface area contributed by atoms with E-state index in [9.17, 15) is 15.2 Å². The van der Waals surface area contributed by atoms with Gasteiger partial charge in [0.25, 0.3) is 0 Å². The first-order valence-corrected chi connectivity index (χ1v) is 5.77. The lowest BCUT2D eigenvalue weighted by Gasteiger charge is -2.13. The third kappa shape index (κ3) is 3.89. The number of para-hydroxylation sites is 1. The van der Waals surface area contributed by atoms with Crippen LogP contribution in [0.1, 0.15) is 20.8 Å². The molecule has 1 rings (SSSR count). The Morgan fingerprint density at radius 1 is 1.44 bits per heavy atom. The van der Waals surface area contributed by atoms with Gasteiger partial charge in [-0.05, 0) is 32.9 Å². The molecule has 18 heavy (non-hydrogen) atoms. The van der Waals surface area contributed by atoms with E-state index in [1.807, 2.05) is 0 Å². The summed E-state index contributed by atoms with van der Waals surface area (Å²) in [6.45, 7) is 5.46. The molecule has 0 heterocycles.